The Bertz CT molecular complexity index is 710. The molecule has 1 aliphatic heterocycles. The van der Waals surface area contributed by atoms with E-state index >= 15 is 0 Å². The van der Waals surface area contributed by atoms with Gasteiger partial charge in [-0.25, -0.2) is 14.6 Å². The van der Waals surface area contributed by atoms with Crippen LogP contribution in [-0.4, -0.2) is 43.3 Å². The second-order valence-corrected chi connectivity index (χ2v) is 5.06. The van der Waals surface area contributed by atoms with Crippen molar-refractivity contribution in [1.29, 1.82) is 0 Å². The van der Waals surface area contributed by atoms with Gasteiger partial charge in [0.2, 0.25) is 0 Å². The SMILES string of the molecule is Cn1c(=O)n(C2CCN(C(=O)O)CC2)c2cccnc21. The van der Waals surface area contributed by atoms with E-state index in [0.717, 1.165) is 5.52 Å². The standard InChI is InChI=1S/C13H16N4O3/c1-15-11-10(3-2-6-14-11)17(12(15)18)9-4-7-16(8-5-9)13(19)20/h2-3,6,9H,4-5,7-8H2,1H3,(H,19,20). The van der Waals surface area contributed by atoms with Crippen molar-refractivity contribution in [2.75, 3.05) is 13.1 Å². The number of rotatable bonds is 1. The van der Waals surface area contributed by atoms with Crippen molar-refractivity contribution in [1.82, 2.24) is 19.0 Å². The van der Waals surface area contributed by atoms with Crippen molar-refractivity contribution < 1.29 is 9.90 Å². The lowest BCUT2D eigenvalue weighted by Gasteiger charge is -2.30. The molecule has 20 heavy (non-hydrogen) atoms. The predicted molar refractivity (Wildman–Crippen MR) is 72.8 cm³/mol. The Hall–Kier alpha value is -2.31. The molecule has 3 heterocycles. The molecule has 0 saturated carbocycles. The van der Waals surface area contributed by atoms with Gasteiger partial charge in [-0.3, -0.25) is 9.13 Å². The van der Waals surface area contributed by atoms with Gasteiger partial charge in [-0.1, -0.05) is 0 Å². The largest absolute Gasteiger partial charge is 0.465 e. The number of hydrogen-bond donors (Lipinski definition) is 1. The summed E-state index contributed by atoms with van der Waals surface area (Å²) in [5.41, 5.74) is 1.39. The van der Waals surface area contributed by atoms with Crippen molar-refractivity contribution >= 4 is 17.3 Å². The van der Waals surface area contributed by atoms with Crippen molar-refractivity contribution in [2.45, 2.75) is 18.9 Å². The second-order valence-electron chi connectivity index (χ2n) is 5.06. The van der Waals surface area contributed by atoms with Gasteiger partial charge in [0.15, 0.2) is 5.65 Å². The second kappa shape index (κ2) is 4.66. The van der Waals surface area contributed by atoms with E-state index in [9.17, 15) is 9.59 Å². The lowest BCUT2D eigenvalue weighted by Crippen LogP contribution is -2.40. The molecule has 0 bridgehead atoms. The molecular weight excluding hydrogens is 260 g/mol. The van der Waals surface area contributed by atoms with Crippen LogP contribution < -0.4 is 5.69 Å². The van der Waals surface area contributed by atoms with Crippen LogP contribution in [0.2, 0.25) is 0 Å². The molecular formula is C13H16N4O3. The zero-order valence-corrected chi connectivity index (χ0v) is 11.2. The summed E-state index contributed by atoms with van der Waals surface area (Å²) >= 11 is 0. The average molecular weight is 276 g/mol. The number of imidazole rings is 1. The molecule has 1 fully saturated rings. The van der Waals surface area contributed by atoms with E-state index in [-0.39, 0.29) is 11.7 Å². The third kappa shape index (κ3) is 1.86. The fourth-order valence-electron chi connectivity index (χ4n) is 2.86. The molecule has 0 unspecified atom stereocenters. The molecule has 0 spiro atoms. The van der Waals surface area contributed by atoms with Crippen LogP contribution in [-0.2, 0) is 7.05 Å². The monoisotopic (exact) mass is 276 g/mol. The minimum absolute atomic E-state index is 0.0333. The first-order valence-corrected chi connectivity index (χ1v) is 6.59. The number of amides is 1. The highest BCUT2D eigenvalue weighted by Crippen LogP contribution is 2.24. The zero-order chi connectivity index (χ0) is 14.3. The van der Waals surface area contributed by atoms with Gasteiger partial charge in [-0.2, -0.15) is 0 Å². The van der Waals surface area contributed by atoms with Gasteiger partial charge in [0.25, 0.3) is 0 Å². The number of fused-ring (bicyclic) bond motifs is 1. The molecule has 7 nitrogen and oxygen atoms in total. The Morgan fingerprint density at radius 2 is 2.10 bits per heavy atom. The summed E-state index contributed by atoms with van der Waals surface area (Å²) in [7, 11) is 1.71. The molecule has 3 rings (SSSR count). The maximum absolute atomic E-state index is 12.4. The van der Waals surface area contributed by atoms with Gasteiger partial charge in [0.05, 0.1) is 5.52 Å². The molecule has 0 atom stereocenters. The van der Waals surface area contributed by atoms with Gasteiger partial charge >= 0.3 is 11.8 Å². The molecule has 1 aliphatic rings. The Morgan fingerprint density at radius 3 is 2.75 bits per heavy atom. The van der Waals surface area contributed by atoms with Crippen LogP contribution in [0.4, 0.5) is 4.79 Å². The summed E-state index contributed by atoms with van der Waals surface area (Å²) in [6.45, 7) is 0.923. The average Bonchev–Trinajstić information content (AvgIpc) is 2.72. The van der Waals surface area contributed by atoms with Crippen LogP contribution in [0.5, 0.6) is 0 Å². The van der Waals surface area contributed by atoms with Crippen LogP contribution in [0.25, 0.3) is 11.2 Å². The number of carboxylic acid groups (broad SMARTS) is 1. The first-order valence-electron chi connectivity index (χ1n) is 6.59. The quantitative estimate of drug-likeness (QED) is 0.844. The maximum atomic E-state index is 12.4. The van der Waals surface area contributed by atoms with Gasteiger partial charge in [-0.15, -0.1) is 0 Å². The molecule has 1 amide bonds. The number of aryl methyl sites for hydroxylation is 1. The fraction of sp³-hybridized carbons (Fsp3) is 0.462. The number of aromatic nitrogens is 3. The molecule has 7 heteroatoms. The molecule has 0 aromatic carbocycles. The van der Waals surface area contributed by atoms with E-state index in [0.29, 0.717) is 31.6 Å². The number of nitrogens with zero attached hydrogens (tertiary/aromatic N) is 4. The van der Waals surface area contributed by atoms with Gasteiger partial charge in [0, 0.05) is 32.4 Å². The number of pyridine rings is 1. The fourth-order valence-corrected chi connectivity index (χ4v) is 2.86. The van der Waals surface area contributed by atoms with Crippen LogP contribution in [0.15, 0.2) is 23.1 Å². The van der Waals surface area contributed by atoms with E-state index in [1.807, 2.05) is 12.1 Å². The van der Waals surface area contributed by atoms with E-state index < -0.39 is 6.09 Å². The summed E-state index contributed by atoms with van der Waals surface area (Å²) in [5, 5.41) is 8.97. The third-order valence-electron chi connectivity index (χ3n) is 3.94. The van der Waals surface area contributed by atoms with Gasteiger partial charge in [-0.05, 0) is 25.0 Å². The van der Waals surface area contributed by atoms with Crippen LogP contribution >= 0.6 is 0 Å². The van der Waals surface area contributed by atoms with E-state index in [1.54, 1.807) is 22.4 Å². The molecule has 2 aromatic heterocycles. The van der Waals surface area contributed by atoms with E-state index in [2.05, 4.69) is 4.98 Å². The van der Waals surface area contributed by atoms with Gasteiger partial charge < -0.3 is 10.0 Å². The minimum atomic E-state index is -0.893. The topological polar surface area (TPSA) is 80.4 Å². The lowest BCUT2D eigenvalue weighted by atomic mass is 10.1. The molecule has 1 saturated heterocycles. The minimum Gasteiger partial charge on any atom is -0.465 e. The number of piperidine rings is 1. The van der Waals surface area contributed by atoms with Crippen molar-refractivity contribution in [3.05, 3.63) is 28.8 Å². The van der Waals surface area contributed by atoms with E-state index in [4.69, 9.17) is 5.11 Å². The highest BCUT2D eigenvalue weighted by atomic mass is 16.4. The van der Waals surface area contributed by atoms with Gasteiger partial charge in [0.1, 0.15) is 0 Å². The van der Waals surface area contributed by atoms with Crippen LogP contribution in [0.3, 0.4) is 0 Å². The van der Waals surface area contributed by atoms with Crippen molar-refractivity contribution in [3.8, 4) is 0 Å². The molecule has 2 aromatic rings. The maximum Gasteiger partial charge on any atom is 0.407 e. The zero-order valence-electron chi connectivity index (χ0n) is 11.2. The Morgan fingerprint density at radius 1 is 1.40 bits per heavy atom. The summed E-state index contributed by atoms with van der Waals surface area (Å²) in [4.78, 5) is 28.9. The van der Waals surface area contributed by atoms with Crippen LogP contribution in [0, 0.1) is 0 Å². The Labute approximate surface area is 115 Å². The van der Waals surface area contributed by atoms with E-state index in [1.165, 1.54) is 4.90 Å². The smallest absolute Gasteiger partial charge is 0.407 e. The van der Waals surface area contributed by atoms with Crippen LogP contribution in [0.1, 0.15) is 18.9 Å². The Kier molecular flexibility index (Phi) is 2.96. The number of hydrogen-bond acceptors (Lipinski definition) is 3. The summed E-state index contributed by atoms with van der Waals surface area (Å²) in [6, 6.07) is 3.73. The molecule has 1 N–H and O–H groups in total. The normalized spacial score (nSPS) is 16.8. The molecule has 106 valence electrons. The number of carbonyl (C=O) groups is 1. The Balaban J connectivity index is 1.98. The first-order chi connectivity index (χ1) is 9.59. The summed E-state index contributed by atoms with van der Waals surface area (Å²) in [5.74, 6) is 0. The van der Waals surface area contributed by atoms with Crippen molar-refractivity contribution in [2.24, 2.45) is 7.05 Å². The van der Waals surface area contributed by atoms with Crippen molar-refractivity contribution in [3.63, 3.8) is 0 Å². The summed E-state index contributed by atoms with van der Waals surface area (Å²) in [6.07, 6.45) is 2.08. The molecule has 0 radical (unpaired) electrons. The number of likely N-dealkylation sites (tertiary alicyclic amines) is 1. The lowest BCUT2D eigenvalue weighted by molar-refractivity contribution is 0.125. The highest BCUT2D eigenvalue weighted by Gasteiger charge is 2.26. The highest BCUT2D eigenvalue weighted by molar-refractivity contribution is 5.71. The summed E-state index contributed by atoms with van der Waals surface area (Å²) < 4.78 is 3.29. The predicted octanol–water partition coefficient (Wildman–Crippen LogP) is 1.05. The first kappa shape index (κ1) is 12.7. The molecule has 0 aliphatic carbocycles. The third-order valence-corrected chi connectivity index (χ3v) is 3.94.